The van der Waals surface area contributed by atoms with Crippen LogP contribution in [0.4, 0.5) is 29.3 Å². The van der Waals surface area contributed by atoms with E-state index in [1.165, 1.54) is 48.5 Å². The predicted molar refractivity (Wildman–Crippen MR) is 146 cm³/mol. The number of hydrogen-bond donors (Lipinski definition) is 1. The van der Waals surface area contributed by atoms with E-state index in [1.54, 1.807) is 6.92 Å². The van der Waals surface area contributed by atoms with Crippen LogP contribution in [-0.4, -0.2) is 35.3 Å². The number of halogens is 3. The minimum Gasteiger partial charge on any atom is -0.490 e. The monoisotopic (exact) mass is 595 g/mol. The summed E-state index contributed by atoms with van der Waals surface area (Å²) in [6, 6.07) is 11.8. The van der Waals surface area contributed by atoms with Gasteiger partial charge in [0.15, 0.2) is 11.5 Å². The number of imide groups is 2. The largest absolute Gasteiger partial charge is 0.490 e. The molecular formula is C29H20F3N3O8. The zero-order chi connectivity index (χ0) is 31.3. The molecule has 0 atom stereocenters. The van der Waals surface area contributed by atoms with Crippen molar-refractivity contribution in [3.05, 3.63) is 105 Å². The summed E-state index contributed by atoms with van der Waals surface area (Å²) in [5.41, 5.74) is -1.44. The number of anilines is 1. The van der Waals surface area contributed by atoms with E-state index < -0.39 is 51.7 Å². The number of alkyl halides is 3. The average Bonchev–Trinajstić information content (AvgIpc) is 2.95. The van der Waals surface area contributed by atoms with Crippen LogP contribution in [-0.2, 0) is 20.6 Å². The molecule has 14 heteroatoms. The van der Waals surface area contributed by atoms with Crippen molar-refractivity contribution in [2.24, 2.45) is 0 Å². The van der Waals surface area contributed by atoms with Gasteiger partial charge in [-0.25, -0.2) is 14.5 Å². The molecule has 11 nitrogen and oxygen atoms in total. The van der Waals surface area contributed by atoms with Crippen molar-refractivity contribution >= 4 is 47.3 Å². The Morgan fingerprint density at radius 2 is 1.70 bits per heavy atom. The molecule has 1 aliphatic heterocycles. The first-order chi connectivity index (χ1) is 20.4. The van der Waals surface area contributed by atoms with Gasteiger partial charge in [0.05, 0.1) is 22.8 Å². The second kappa shape index (κ2) is 12.4. The van der Waals surface area contributed by atoms with Crippen LogP contribution in [0.3, 0.4) is 0 Å². The second-order valence-electron chi connectivity index (χ2n) is 8.75. The first-order valence-electron chi connectivity index (χ1n) is 12.4. The molecule has 0 saturated carbocycles. The van der Waals surface area contributed by atoms with Crippen molar-refractivity contribution in [2.75, 3.05) is 11.5 Å². The number of nitro groups is 1. The quantitative estimate of drug-likeness (QED) is 0.0923. The molecule has 0 aromatic heterocycles. The molecule has 4 rings (SSSR count). The molecule has 0 radical (unpaired) electrons. The second-order valence-corrected chi connectivity index (χ2v) is 8.75. The fourth-order valence-corrected chi connectivity index (χ4v) is 3.86. The summed E-state index contributed by atoms with van der Waals surface area (Å²) in [6.07, 6.45) is -1.15. The van der Waals surface area contributed by atoms with Crippen LogP contribution >= 0.6 is 0 Å². The lowest BCUT2D eigenvalue weighted by Gasteiger charge is -2.27. The number of amides is 4. The van der Waals surface area contributed by atoms with Gasteiger partial charge in [-0.1, -0.05) is 12.1 Å². The third-order valence-corrected chi connectivity index (χ3v) is 5.84. The lowest BCUT2D eigenvalue weighted by Crippen LogP contribution is -2.54. The zero-order valence-electron chi connectivity index (χ0n) is 22.1. The van der Waals surface area contributed by atoms with Crippen molar-refractivity contribution in [1.82, 2.24) is 5.32 Å². The summed E-state index contributed by atoms with van der Waals surface area (Å²) in [5, 5.41) is 12.7. The summed E-state index contributed by atoms with van der Waals surface area (Å²) in [5.74, 6) is -2.98. The number of urea groups is 1. The summed E-state index contributed by atoms with van der Waals surface area (Å²) < 4.78 is 50.4. The number of non-ortho nitro benzene ring substituents is 1. The first-order valence-corrected chi connectivity index (χ1v) is 12.4. The molecule has 0 aliphatic carbocycles. The normalized spacial score (nSPS) is 14.7. The number of carbonyl (C=O) groups excluding carboxylic acids is 4. The van der Waals surface area contributed by atoms with Crippen molar-refractivity contribution in [3.8, 4) is 11.5 Å². The highest BCUT2D eigenvalue weighted by molar-refractivity contribution is 6.39. The van der Waals surface area contributed by atoms with E-state index >= 15 is 0 Å². The highest BCUT2D eigenvalue weighted by Crippen LogP contribution is 2.33. The molecule has 0 spiro atoms. The van der Waals surface area contributed by atoms with E-state index in [-0.39, 0.29) is 29.4 Å². The first kappa shape index (κ1) is 30.2. The minimum absolute atomic E-state index is 0.0115. The number of nitrogens with zero attached hydrogens (tertiary/aromatic N) is 2. The molecule has 1 aliphatic rings. The minimum atomic E-state index is -4.73. The Morgan fingerprint density at radius 3 is 2.35 bits per heavy atom. The summed E-state index contributed by atoms with van der Waals surface area (Å²) >= 11 is 0. The van der Waals surface area contributed by atoms with Crippen molar-refractivity contribution in [3.63, 3.8) is 0 Å². The number of nitro benzene ring substituents is 1. The van der Waals surface area contributed by atoms with Gasteiger partial charge >= 0.3 is 18.2 Å². The van der Waals surface area contributed by atoms with Gasteiger partial charge in [0.25, 0.3) is 17.5 Å². The Kier molecular flexibility index (Phi) is 8.69. The predicted octanol–water partition coefficient (Wildman–Crippen LogP) is 5.30. The number of ether oxygens (including phenoxy) is 2. The van der Waals surface area contributed by atoms with E-state index in [0.717, 1.165) is 30.4 Å². The molecule has 220 valence electrons. The molecule has 3 aromatic rings. The van der Waals surface area contributed by atoms with E-state index in [2.05, 4.69) is 0 Å². The van der Waals surface area contributed by atoms with Gasteiger partial charge in [-0.05, 0) is 72.7 Å². The van der Waals surface area contributed by atoms with Gasteiger partial charge in [0, 0.05) is 18.2 Å². The maximum Gasteiger partial charge on any atom is 0.416 e. The van der Waals surface area contributed by atoms with Gasteiger partial charge in [0.1, 0.15) is 5.57 Å². The van der Waals surface area contributed by atoms with Crippen LogP contribution in [0.25, 0.3) is 12.2 Å². The highest BCUT2D eigenvalue weighted by atomic mass is 19.4. The lowest BCUT2D eigenvalue weighted by atomic mass is 10.1. The van der Waals surface area contributed by atoms with Gasteiger partial charge in [-0.2, -0.15) is 13.2 Å². The van der Waals surface area contributed by atoms with E-state index in [4.69, 9.17) is 9.47 Å². The summed E-state index contributed by atoms with van der Waals surface area (Å²) in [4.78, 5) is 61.1. The highest BCUT2D eigenvalue weighted by Gasteiger charge is 2.38. The number of esters is 1. The van der Waals surface area contributed by atoms with Crippen LogP contribution in [0.15, 0.2) is 78.4 Å². The molecule has 1 saturated heterocycles. The Morgan fingerprint density at radius 1 is 1.00 bits per heavy atom. The fourth-order valence-electron chi connectivity index (χ4n) is 3.86. The molecule has 1 heterocycles. The maximum atomic E-state index is 13.2. The smallest absolute Gasteiger partial charge is 0.416 e. The van der Waals surface area contributed by atoms with E-state index in [9.17, 15) is 42.5 Å². The van der Waals surface area contributed by atoms with Gasteiger partial charge < -0.3 is 9.47 Å². The number of barbiturate groups is 1. The van der Waals surface area contributed by atoms with Gasteiger partial charge in [-0.3, -0.25) is 25.0 Å². The SMILES string of the molecule is CCOc1cc(/C=C2\C(=O)NC(=O)N(c3cccc(C(F)(F)F)c3)C2=O)ccc1OC(=O)/C=C/c1ccc([N+](=O)[O-])cc1. The summed E-state index contributed by atoms with van der Waals surface area (Å²) in [6.45, 7) is 1.79. The third kappa shape index (κ3) is 7.11. The van der Waals surface area contributed by atoms with Crippen LogP contribution < -0.4 is 19.7 Å². The molecule has 0 unspecified atom stereocenters. The Hall–Kier alpha value is -5.79. The van der Waals surface area contributed by atoms with E-state index in [1.807, 2.05) is 5.32 Å². The molecular weight excluding hydrogens is 575 g/mol. The standard InChI is InChI=1S/C29H20F3N3O8/c1-2-42-24-15-18(8-12-23(24)43-25(36)13-9-17-6-10-20(11-7-17)35(40)41)14-22-26(37)33-28(39)34(27(22)38)21-5-3-4-19(16-21)29(30,31)32/h3-16H,2H2,1H3,(H,33,37,39)/b13-9+,22-14+. The molecule has 4 amide bonds. The van der Waals surface area contributed by atoms with Crippen LogP contribution in [0.1, 0.15) is 23.6 Å². The lowest BCUT2D eigenvalue weighted by molar-refractivity contribution is -0.384. The zero-order valence-corrected chi connectivity index (χ0v) is 22.1. The average molecular weight is 595 g/mol. The van der Waals surface area contributed by atoms with Crippen molar-refractivity contribution < 1.29 is 46.7 Å². The van der Waals surface area contributed by atoms with Crippen LogP contribution in [0, 0.1) is 10.1 Å². The molecule has 1 fully saturated rings. The maximum absolute atomic E-state index is 13.2. The fraction of sp³-hybridized carbons (Fsp3) is 0.103. The molecule has 43 heavy (non-hydrogen) atoms. The van der Waals surface area contributed by atoms with Crippen molar-refractivity contribution in [2.45, 2.75) is 13.1 Å². The summed E-state index contributed by atoms with van der Waals surface area (Å²) in [7, 11) is 0. The van der Waals surface area contributed by atoms with Crippen molar-refractivity contribution in [1.29, 1.82) is 0 Å². The molecule has 1 N–H and O–H groups in total. The number of hydrogen-bond acceptors (Lipinski definition) is 8. The van der Waals surface area contributed by atoms with Crippen LogP contribution in [0.5, 0.6) is 11.5 Å². The molecule has 0 bridgehead atoms. The van der Waals surface area contributed by atoms with Gasteiger partial charge in [-0.15, -0.1) is 0 Å². The Labute approximate surface area is 241 Å². The Balaban J connectivity index is 1.57. The van der Waals surface area contributed by atoms with Crippen LogP contribution in [0.2, 0.25) is 0 Å². The Bertz CT molecular complexity index is 1680. The number of rotatable bonds is 8. The number of carbonyl (C=O) groups is 4. The molecule has 3 aromatic carbocycles. The third-order valence-electron chi connectivity index (χ3n) is 5.84. The van der Waals surface area contributed by atoms with E-state index in [0.29, 0.717) is 16.5 Å². The topological polar surface area (TPSA) is 145 Å². The van der Waals surface area contributed by atoms with Gasteiger partial charge in [0.2, 0.25) is 0 Å². The number of nitrogens with one attached hydrogen (secondary N) is 1. The number of benzene rings is 3.